The van der Waals surface area contributed by atoms with Crippen molar-refractivity contribution in [1.82, 2.24) is 30.6 Å². The van der Waals surface area contributed by atoms with Crippen LogP contribution in [-0.4, -0.2) is 116 Å². The van der Waals surface area contributed by atoms with Gasteiger partial charge in [0.05, 0.1) is 49.6 Å². The molecule has 1 fully saturated rings. The fourth-order valence-corrected chi connectivity index (χ4v) is 4.99. The minimum Gasteiger partial charge on any atom is -0.444 e. The molecule has 254 valence electrons. The van der Waals surface area contributed by atoms with Crippen molar-refractivity contribution >= 4 is 28.7 Å². The first kappa shape index (κ1) is 35.5. The van der Waals surface area contributed by atoms with E-state index >= 15 is 0 Å². The number of piperazine rings is 1. The third kappa shape index (κ3) is 10.8. The molecule has 1 saturated heterocycles. The van der Waals surface area contributed by atoms with Gasteiger partial charge in [0, 0.05) is 51.1 Å². The Morgan fingerprint density at radius 2 is 1.57 bits per heavy atom. The summed E-state index contributed by atoms with van der Waals surface area (Å²) in [6.07, 6.45) is -0.181. The summed E-state index contributed by atoms with van der Waals surface area (Å²) >= 11 is 0. The Labute approximate surface area is 272 Å². The van der Waals surface area contributed by atoms with Crippen LogP contribution in [0.5, 0.6) is 0 Å². The Morgan fingerprint density at radius 1 is 0.915 bits per heavy atom. The molecule has 3 N–H and O–H groups in total. The Balaban J connectivity index is 1.12. The molecule has 13 nitrogen and oxygen atoms in total. The number of carbonyl (C=O) groups excluding carboxylic acids is 3. The molecule has 3 amide bonds. The second kappa shape index (κ2) is 17.0. The van der Waals surface area contributed by atoms with Gasteiger partial charge < -0.3 is 34.6 Å². The summed E-state index contributed by atoms with van der Waals surface area (Å²) in [6, 6.07) is 11.5. The van der Waals surface area contributed by atoms with Gasteiger partial charge in [-0.3, -0.25) is 14.4 Å². The highest BCUT2D eigenvalue weighted by molar-refractivity contribution is 5.95. The summed E-state index contributed by atoms with van der Waals surface area (Å²) in [6.45, 7) is 9.07. The number of fused-ring (bicyclic) bond motifs is 1. The molecule has 0 atom stereocenters. The van der Waals surface area contributed by atoms with Gasteiger partial charge >= 0.3 is 6.09 Å². The van der Waals surface area contributed by atoms with Crippen LogP contribution >= 0.6 is 0 Å². The Morgan fingerprint density at radius 3 is 2.28 bits per heavy atom. The van der Waals surface area contributed by atoms with Gasteiger partial charge in [0.15, 0.2) is 0 Å². The Hall–Kier alpha value is -4.40. The lowest BCUT2D eigenvalue weighted by molar-refractivity contribution is -0.131. The first-order chi connectivity index (χ1) is 22.5. The fraction of sp³-hybridized carbons (Fsp3) is 0.485. The van der Waals surface area contributed by atoms with Crippen molar-refractivity contribution in [2.75, 3.05) is 72.2 Å². The van der Waals surface area contributed by atoms with E-state index in [2.05, 4.69) is 20.8 Å². The number of aromatic nitrogens is 2. The number of benzene rings is 2. The lowest BCUT2D eigenvalue weighted by Crippen LogP contribution is -2.52. The zero-order valence-electron chi connectivity index (χ0n) is 27.1. The lowest BCUT2D eigenvalue weighted by atomic mass is 10.0. The van der Waals surface area contributed by atoms with Gasteiger partial charge in [-0.05, 0) is 44.5 Å². The predicted octanol–water partition coefficient (Wildman–Crippen LogP) is 2.08. The molecule has 0 spiro atoms. The molecule has 47 heavy (non-hydrogen) atoms. The van der Waals surface area contributed by atoms with Crippen molar-refractivity contribution in [1.29, 1.82) is 0 Å². The number of alkyl carbamates (subject to hydrolysis) is 1. The maximum Gasteiger partial charge on any atom is 0.407 e. The van der Waals surface area contributed by atoms with Crippen LogP contribution in [0.15, 0.2) is 47.3 Å². The lowest BCUT2D eigenvalue weighted by Gasteiger charge is -2.35. The number of nitrogens with zero attached hydrogens (tertiary/aromatic N) is 3. The highest BCUT2D eigenvalue weighted by Gasteiger charge is 2.26. The van der Waals surface area contributed by atoms with Gasteiger partial charge in [0.1, 0.15) is 11.4 Å². The molecule has 2 heterocycles. The van der Waals surface area contributed by atoms with Crippen LogP contribution in [-0.2, 0) is 25.4 Å². The van der Waals surface area contributed by atoms with E-state index in [1.165, 1.54) is 12.1 Å². The number of carbonyl (C=O) groups is 3. The first-order valence-corrected chi connectivity index (χ1v) is 15.7. The normalized spacial score (nSPS) is 13.5. The molecule has 1 aromatic heterocycles. The fourth-order valence-electron chi connectivity index (χ4n) is 4.99. The van der Waals surface area contributed by atoms with E-state index in [-0.39, 0.29) is 36.7 Å². The summed E-state index contributed by atoms with van der Waals surface area (Å²) in [7, 11) is 0. The largest absolute Gasteiger partial charge is 0.444 e. The molecule has 1 aliphatic heterocycles. The van der Waals surface area contributed by atoms with Crippen molar-refractivity contribution in [3.05, 3.63) is 75.5 Å². The topological polar surface area (TPSA) is 155 Å². The second-order valence-corrected chi connectivity index (χ2v) is 12.0. The average molecular weight is 655 g/mol. The average Bonchev–Trinajstić information content (AvgIpc) is 3.04. The van der Waals surface area contributed by atoms with Gasteiger partial charge in [-0.15, -0.1) is 0 Å². The predicted molar refractivity (Wildman–Crippen MR) is 173 cm³/mol. The van der Waals surface area contributed by atoms with Crippen molar-refractivity contribution in [3.8, 4) is 0 Å². The third-order valence-electron chi connectivity index (χ3n) is 7.31. The number of rotatable bonds is 14. The summed E-state index contributed by atoms with van der Waals surface area (Å²) in [5, 5.41) is 13.6. The van der Waals surface area contributed by atoms with Crippen molar-refractivity contribution < 1.29 is 33.0 Å². The van der Waals surface area contributed by atoms with E-state index < -0.39 is 23.4 Å². The van der Waals surface area contributed by atoms with Crippen molar-refractivity contribution in [2.45, 2.75) is 32.8 Å². The summed E-state index contributed by atoms with van der Waals surface area (Å²) in [4.78, 5) is 52.8. The van der Waals surface area contributed by atoms with E-state index in [0.717, 1.165) is 0 Å². The van der Waals surface area contributed by atoms with Crippen LogP contribution in [0.1, 0.15) is 42.4 Å². The molecule has 0 aliphatic carbocycles. The zero-order chi connectivity index (χ0) is 33.8. The molecular weight excluding hydrogens is 611 g/mol. The summed E-state index contributed by atoms with van der Waals surface area (Å²) in [5.74, 6) is -1.15. The standard InChI is InChI=1S/C33H43FN6O7/c1-33(2,3)47-32(44)36-11-17-46-19-18-45-16-10-35-22-29(41)39-12-14-40(15-13-39)31(43)26-20-23(8-9-27(26)34)21-28-24-6-4-5-7-25(24)30(42)38-37-28/h4-9,20,35H,10-19,21-22H2,1-3H3,(H,36,44)(H,38,42). The van der Waals surface area contributed by atoms with Gasteiger partial charge in [-0.1, -0.05) is 24.3 Å². The third-order valence-corrected chi connectivity index (χ3v) is 7.31. The van der Waals surface area contributed by atoms with E-state index in [0.29, 0.717) is 81.1 Å². The van der Waals surface area contributed by atoms with Gasteiger partial charge in [0.25, 0.3) is 11.5 Å². The quantitative estimate of drug-likeness (QED) is 0.222. The maximum atomic E-state index is 14.8. The van der Waals surface area contributed by atoms with Gasteiger partial charge in [-0.25, -0.2) is 14.3 Å². The minimum absolute atomic E-state index is 0.0412. The maximum absolute atomic E-state index is 14.8. The molecule has 4 rings (SSSR count). The number of amides is 3. The van der Waals surface area contributed by atoms with Crippen LogP contribution in [0.3, 0.4) is 0 Å². The smallest absolute Gasteiger partial charge is 0.407 e. The highest BCUT2D eigenvalue weighted by atomic mass is 19.1. The molecule has 3 aromatic rings. The molecule has 14 heteroatoms. The van der Waals surface area contributed by atoms with Crippen molar-refractivity contribution in [2.24, 2.45) is 0 Å². The number of aromatic amines is 1. The molecule has 0 bridgehead atoms. The number of nitrogens with one attached hydrogen (secondary N) is 3. The number of halogens is 1. The zero-order valence-corrected chi connectivity index (χ0v) is 27.1. The molecule has 2 aromatic carbocycles. The van der Waals surface area contributed by atoms with E-state index in [1.807, 2.05) is 12.1 Å². The van der Waals surface area contributed by atoms with Crippen LogP contribution < -0.4 is 16.2 Å². The van der Waals surface area contributed by atoms with Gasteiger partial charge in [-0.2, -0.15) is 5.10 Å². The summed E-state index contributed by atoms with van der Waals surface area (Å²) in [5.41, 5.74) is 0.425. The summed E-state index contributed by atoms with van der Waals surface area (Å²) < 4.78 is 30.8. The second-order valence-electron chi connectivity index (χ2n) is 12.0. The van der Waals surface area contributed by atoms with E-state index in [1.54, 1.807) is 48.8 Å². The molecule has 0 saturated carbocycles. The molecule has 1 aliphatic rings. The SMILES string of the molecule is CC(C)(C)OC(=O)NCCOCCOCCNCC(=O)N1CCN(C(=O)c2cc(Cc3n[nH]c(=O)c4ccccc34)ccc2F)CC1. The molecule has 0 radical (unpaired) electrons. The van der Waals surface area contributed by atoms with Crippen molar-refractivity contribution in [3.63, 3.8) is 0 Å². The number of ether oxygens (including phenoxy) is 3. The van der Waals surface area contributed by atoms with Crippen LogP contribution in [0.25, 0.3) is 10.8 Å². The number of H-pyrrole nitrogens is 1. The number of hydrogen-bond acceptors (Lipinski definition) is 9. The minimum atomic E-state index is -0.621. The van der Waals surface area contributed by atoms with Crippen LogP contribution in [0.2, 0.25) is 0 Å². The highest BCUT2D eigenvalue weighted by Crippen LogP contribution is 2.20. The van der Waals surface area contributed by atoms with Crippen LogP contribution in [0.4, 0.5) is 9.18 Å². The molecular formula is C33H43FN6O7. The van der Waals surface area contributed by atoms with E-state index in [4.69, 9.17) is 14.2 Å². The molecule has 0 unspecified atom stereocenters. The number of hydrogen-bond donors (Lipinski definition) is 3. The van der Waals surface area contributed by atoms with E-state index in [9.17, 15) is 23.6 Å². The monoisotopic (exact) mass is 654 g/mol. The van der Waals surface area contributed by atoms with Crippen LogP contribution in [0, 0.1) is 5.82 Å². The Kier molecular flexibility index (Phi) is 12.8. The van der Waals surface area contributed by atoms with Gasteiger partial charge in [0.2, 0.25) is 5.91 Å². The first-order valence-electron chi connectivity index (χ1n) is 15.7. The Bertz CT molecular complexity index is 1580.